The summed E-state index contributed by atoms with van der Waals surface area (Å²) in [5.74, 6) is 0.932. The van der Waals surface area contributed by atoms with Gasteiger partial charge in [-0.05, 0) is 18.8 Å². The summed E-state index contributed by atoms with van der Waals surface area (Å²) in [7, 11) is 0. The fourth-order valence-corrected chi connectivity index (χ4v) is 2.90. The number of carbonyl (C=O) groups is 1. The van der Waals surface area contributed by atoms with E-state index in [-0.39, 0.29) is 5.91 Å². The molecule has 2 aliphatic rings. The molecule has 2 heterocycles. The Kier molecular flexibility index (Phi) is 4.40. The number of hydrogen-bond donors (Lipinski definition) is 2. The maximum atomic E-state index is 11.3. The molecule has 2 rings (SSSR count). The molecule has 4 heteroatoms. The summed E-state index contributed by atoms with van der Waals surface area (Å²) in [5.41, 5.74) is 0. The molecule has 98 valence electrons. The number of nitrogens with one attached hydrogen (secondary N) is 2. The summed E-state index contributed by atoms with van der Waals surface area (Å²) in [5, 5.41) is 6.59. The van der Waals surface area contributed by atoms with Crippen molar-refractivity contribution in [2.75, 3.05) is 26.2 Å². The SMILES string of the molecule is CC(C)NCCN1CCC2NC(=O)CCC2C1. The molecule has 4 nitrogen and oxygen atoms in total. The van der Waals surface area contributed by atoms with Gasteiger partial charge in [0.1, 0.15) is 0 Å². The van der Waals surface area contributed by atoms with E-state index in [0.717, 1.165) is 45.4 Å². The molecule has 0 aromatic heterocycles. The van der Waals surface area contributed by atoms with Crippen LogP contribution in [0.4, 0.5) is 0 Å². The lowest BCUT2D eigenvalue weighted by atomic mass is 9.85. The van der Waals surface area contributed by atoms with Gasteiger partial charge in [-0.3, -0.25) is 4.79 Å². The van der Waals surface area contributed by atoms with E-state index >= 15 is 0 Å². The van der Waals surface area contributed by atoms with Crippen LogP contribution in [-0.4, -0.2) is 49.1 Å². The van der Waals surface area contributed by atoms with Crippen LogP contribution in [0.5, 0.6) is 0 Å². The maximum absolute atomic E-state index is 11.3. The van der Waals surface area contributed by atoms with Gasteiger partial charge in [0, 0.05) is 44.7 Å². The quantitative estimate of drug-likeness (QED) is 0.754. The second-order valence-electron chi connectivity index (χ2n) is 5.67. The fraction of sp³-hybridized carbons (Fsp3) is 0.923. The largest absolute Gasteiger partial charge is 0.353 e. The molecule has 2 fully saturated rings. The third kappa shape index (κ3) is 3.68. The number of fused-ring (bicyclic) bond motifs is 1. The fourth-order valence-electron chi connectivity index (χ4n) is 2.90. The maximum Gasteiger partial charge on any atom is 0.220 e. The topological polar surface area (TPSA) is 44.4 Å². The van der Waals surface area contributed by atoms with Crippen LogP contribution in [0.15, 0.2) is 0 Å². The number of piperidine rings is 2. The Morgan fingerprint density at radius 1 is 1.47 bits per heavy atom. The standard InChI is InChI=1S/C13H25N3O/c1-10(2)14-6-8-16-7-5-12-11(9-16)3-4-13(17)15-12/h10-12,14H,3-9H2,1-2H3,(H,15,17). The molecule has 0 radical (unpaired) electrons. The first-order valence-corrected chi connectivity index (χ1v) is 6.90. The molecule has 2 saturated heterocycles. The van der Waals surface area contributed by atoms with Gasteiger partial charge in [0.05, 0.1) is 0 Å². The normalized spacial score (nSPS) is 30.2. The minimum absolute atomic E-state index is 0.251. The zero-order valence-electron chi connectivity index (χ0n) is 11.0. The molecule has 2 atom stereocenters. The van der Waals surface area contributed by atoms with Crippen LogP contribution in [-0.2, 0) is 4.79 Å². The minimum Gasteiger partial charge on any atom is -0.353 e. The molecular weight excluding hydrogens is 214 g/mol. The highest BCUT2D eigenvalue weighted by Gasteiger charge is 2.33. The highest BCUT2D eigenvalue weighted by molar-refractivity contribution is 5.77. The Labute approximate surface area is 104 Å². The Hall–Kier alpha value is -0.610. The number of nitrogens with zero attached hydrogens (tertiary/aromatic N) is 1. The van der Waals surface area contributed by atoms with Gasteiger partial charge < -0.3 is 15.5 Å². The molecule has 0 aromatic carbocycles. The second kappa shape index (κ2) is 5.83. The van der Waals surface area contributed by atoms with Gasteiger partial charge in [-0.25, -0.2) is 0 Å². The molecule has 1 amide bonds. The van der Waals surface area contributed by atoms with Gasteiger partial charge in [0.15, 0.2) is 0 Å². The van der Waals surface area contributed by atoms with Crippen LogP contribution in [0.1, 0.15) is 33.1 Å². The number of hydrogen-bond acceptors (Lipinski definition) is 3. The van der Waals surface area contributed by atoms with Gasteiger partial charge in [0.2, 0.25) is 5.91 Å². The molecular formula is C13H25N3O. The van der Waals surface area contributed by atoms with Gasteiger partial charge in [-0.15, -0.1) is 0 Å². The van der Waals surface area contributed by atoms with Crippen LogP contribution in [0.3, 0.4) is 0 Å². The smallest absolute Gasteiger partial charge is 0.220 e. The van der Waals surface area contributed by atoms with Crippen molar-refractivity contribution in [3.05, 3.63) is 0 Å². The van der Waals surface area contributed by atoms with Gasteiger partial charge >= 0.3 is 0 Å². The lowest BCUT2D eigenvalue weighted by Gasteiger charge is -2.41. The third-order valence-corrected chi connectivity index (χ3v) is 3.89. The lowest BCUT2D eigenvalue weighted by molar-refractivity contribution is -0.125. The lowest BCUT2D eigenvalue weighted by Crippen LogP contribution is -2.54. The van der Waals surface area contributed by atoms with Crippen LogP contribution >= 0.6 is 0 Å². The molecule has 2 N–H and O–H groups in total. The first-order chi connectivity index (χ1) is 8.15. The predicted molar refractivity (Wildman–Crippen MR) is 68.9 cm³/mol. The minimum atomic E-state index is 0.251. The van der Waals surface area contributed by atoms with Crippen molar-refractivity contribution in [3.8, 4) is 0 Å². The summed E-state index contributed by atoms with van der Waals surface area (Å²) in [6.45, 7) is 8.86. The van der Waals surface area contributed by atoms with Crippen molar-refractivity contribution in [2.45, 2.75) is 45.2 Å². The van der Waals surface area contributed by atoms with Crippen molar-refractivity contribution in [3.63, 3.8) is 0 Å². The van der Waals surface area contributed by atoms with Crippen molar-refractivity contribution in [2.24, 2.45) is 5.92 Å². The van der Waals surface area contributed by atoms with Crippen molar-refractivity contribution >= 4 is 5.91 Å². The van der Waals surface area contributed by atoms with Crippen LogP contribution in [0.2, 0.25) is 0 Å². The average molecular weight is 239 g/mol. The predicted octanol–water partition coefficient (Wildman–Crippen LogP) is 0.585. The van der Waals surface area contributed by atoms with Gasteiger partial charge in [0.25, 0.3) is 0 Å². The monoisotopic (exact) mass is 239 g/mol. The van der Waals surface area contributed by atoms with Crippen molar-refractivity contribution in [1.29, 1.82) is 0 Å². The molecule has 2 unspecified atom stereocenters. The second-order valence-corrected chi connectivity index (χ2v) is 5.67. The van der Waals surface area contributed by atoms with Crippen molar-refractivity contribution < 1.29 is 4.79 Å². The average Bonchev–Trinajstić information content (AvgIpc) is 2.29. The zero-order valence-corrected chi connectivity index (χ0v) is 11.0. The molecule has 0 spiro atoms. The van der Waals surface area contributed by atoms with E-state index in [1.807, 2.05) is 0 Å². The molecule has 0 aliphatic carbocycles. The zero-order chi connectivity index (χ0) is 12.3. The van der Waals surface area contributed by atoms with Crippen LogP contribution in [0, 0.1) is 5.92 Å². The number of likely N-dealkylation sites (tertiary alicyclic amines) is 1. The summed E-state index contributed by atoms with van der Waals surface area (Å²) in [6, 6.07) is 1.02. The van der Waals surface area contributed by atoms with Crippen LogP contribution in [0.25, 0.3) is 0 Å². The summed E-state index contributed by atoms with van der Waals surface area (Å²) in [4.78, 5) is 13.8. The Morgan fingerprint density at radius 2 is 2.29 bits per heavy atom. The van der Waals surface area contributed by atoms with Crippen LogP contribution < -0.4 is 10.6 Å². The van der Waals surface area contributed by atoms with E-state index in [0.29, 0.717) is 18.0 Å². The van der Waals surface area contributed by atoms with E-state index in [9.17, 15) is 4.79 Å². The van der Waals surface area contributed by atoms with E-state index in [2.05, 4.69) is 29.4 Å². The van der Waals surface area contributed by atoms with E-state index in [4.69, 9.17) is 0 Å². The Morgan fingerprint density at radius 3 is 3.06 bits per heavy atom. The van der Waals surface area contributed by atoms with Gasteiger partial charge in [-0.1, -0.05) is 13.8 Å². The molecule has 0 saturated carbocycles. The van der Waals surface area contributed by atoms with Gasteiger partial charge in [-0.2, -0.15) is 0 Å². The number of amides is 1. The highest BCUT2D eigenvalue weighted by atomic mass is 16.1. The Balaban J connectivity index is 1.72. The molecule has 2 aliphatic heterocycles. The van der Waals surface area contributed by atoms with E-state index in [1.54, 1.807) is 0 Å². The summed E-state index contributed by atoms with van der Waals surface area (Å²) in [6.07, 6.45) is 2.92. The number of rotatable bonds is 4. The molecule has 0 bridgehead atoms. The Bertz CT molecular complexity index is 267. The molecule has 17 heavy (non-hydrogen) atoms. The first kappa shape index (κ1) is 12.8. The van der Waals surface area contributed by atoms with Crippen molar-refractivity contribution in [1.82, 2.24) is 15.5 Å². The molecule has 0 aromatic rings. The first-order valence-electron chi connectivity index (χ1n) is 6.90. The summed E-state index contributed by atoms with van der Waals surface area (Å²) < 4.78 is 0. The van der Waals surface area contributed by atoms with E-state index < -0.39 is 0 Å². The number of carbonyl (C=O) groups excluding carboxylic acids is 1. The summed E-state index contributed by atoms with van der Waals surface area (Å²) >= 11 is 0. The third-order valence-electron chi connectivity index (χ3n) is 3.89. The highest BCUT2D eigenvalue weighted by Crippen LogP contribution is 2.24. The van der Waals surface area contributed by atoms with E-state index in [1.165, 1.54) is 0 Å².